The Morgan fingerprint density at radius 1 is 1.17 bits per heavy atom. The Kier molecular flexibility index (Phi) is 9.77. The maximum absolute atomic E-state index is 14.6. The van der Waals surface area contributed by atoms with E-state index < -0.39 is 11.0 Å². The van der Waals surface area contributed by atoms with Crippen LogP contribution >= 0.6 is 23.2 Å². The standard InChI is InChI=1S/C33H42Cl2N2O4/c1-7-16-33(6)20-26(23-10-9-11-25(35)19-23)29(22-12-14-24(34)15-13-22)37(30(33)38)27(8-2)28-21-36(17-18-40-28)31(39)41-32(3,4)5/h7,9-15,19,26-29H,1,8,16-18,20-21H2,2-6H3/t26-,27-,28-,29-,33+/m1/s1. The molecule has 0 aliphatic carbocycles. The van der Waals surface area contributed by atoms with Crippen molar-refractivity contribution in [1.82, 2.24) is 9.80 Å². The van der Waals surface area contributed by atoms with Gasteiger partial charge in [0, 0.05) is 22.5 Å². The third-order valence-electron chi connectivity index (χ3n) is 8.14. The predicted octanol–water partition coefficient (Wildman–Crippen LogP) is 8.05. The quantitative estimate of drug-likeness (QED) is 0.302. The summed E-state index contributed by atoms with van der Waals surface area (Å²) in [4.78, 5) is 31.4. The van der Waals surface area contributed by atoms with Gasteiger partial charge in [-0.05, 0) is 75.4 Å². The molecule has 0 bridgehead atoms. The molecular weight excluding hydrogens is 559 g/mol. The van der Waals surface area contributed by atoms with Crippen molar-refractivity contribution in [3.05, 3.63) is 82.4 Å². The number of benzene rings is 2. The zero-order valence-electron chi connectivity index (χ0n) is 24.7. The van der Waals surface area contributed by atoms with Gasteiger partial charge >= 0.3 is 6.09 Å². The van der Waals surface area contributed by atoms with Gasteiger partial charge in [0.25, 0.3) is 0 Å². The van der Waals surface area contributed by atoms with Crippen molar-refractivity contribution in [2.45, 2.75) is 83.6 Å². The lowest BCUT2D eigenvalue weighted by Crippen LogP contribution is -2.61. The summed E-state index contributed by atoms with van der Waals surface area (Å²) in [5, 5.41) is 1.29. The van der Waals surface area contributed by atoms with Gasteiger partial charge in [-0.1, -0.05) is 67.4 Å². The fourth-order valence-corrected chi connectivity index (χ4v) is 6.62. The smallest absolute Gasteiger partial charge is 0.410 e. The summed E-state index contributed by atoms with van der Waals surface area (Å²) in [6.07, 6.45) is 2.90. The Bertz CT molecular complexity index is 1240. The van der Waals surface area contributed by atoms with Crippen molar-refractivity contribution in [2.75, 3.05) is 19.7 Å². The van der Waals surface area contributed by atoms with Crippen LogP contribution < -0.4 is 0 Å². The van der Waals surface area contributed by atoms with E-state index in [1.165, 1.54) is 0 Å². The maximum atomic E-state index is 14.6. The summed E-state index contributed by atoms with van der Waals surface area (Å²) in [6, 6.07) is 15.1. The highest BCUT2D eigenvalue weighted by Gasteiger charge is 2.52. The minimum absolute atomic E-state index is 0.0443. The van der Waals surface area contributed by atoms with Gasteiger partial charge in [-0.15, -0.1) is 6.58 Å². The summed E-state index contributed by atoms with van der Waals surface area (Å²) >= 11 is 12.8. The molecular formula is C33H42Cl2N2O4. The van der Waals surface area contributed by atoms with Crippen LogP contribution in [0.5, 0.6) is 0 Å². The number of piperidine rings is 1. The summed E-state index contributed by atoms with van der Waals surface area (Å²) < 4.78 is 12.0. The van der Waals surface area contributed by atoms with Crippen LogP contribution in [-0.4, -0.2) is 59.2 Å². The Morgan fingerprint density at radius 2 is 1.88 bits per heavy atom. The number of halogens is 2. The van der Waals surface area contributed by atoms with Gasteiger partial charge in [0.2, 0.25) is 5.91 Å². The first-order valence-corrected chi connectivity index (χ1v) is 15.2. The minimum Gasteiger partial charge on any atom is -0.444 e. The van der Waals surface area contributed by atoms with Crippen LogP contribution in [0.25, 0.3) is 0 Å². The van der Waals surface area contributed by atoms with Crippen molar-refractivity contribution >= 4 is 35.2 Å². The largest absolute Gasteiger partial charge is 0.444 e. The molecule has 0 N–H and O–H groups in total. The summed E-state index contributed by atoms with van der Waals surface area (Å²) in [5.41, 5.74) is 0.783. The summed E-state index contributed by atoms with van der Waals surface area (Å²) in [5.74, 6) is 0.0117. The highest BCUT2D eigenvalue weighted by atomic mass is 35.5. The Hall–Kier alpha value is -2.54. The van der Waals surface area contributed by atoms with Gasteiger partial charge in [0.15, 0.2) is 0 Å². The number of rotatable bonds is 7. The first kappa shape index (κ1) is 31.4. The van der Waals surface area contributed by atoms with Crippen molar-refractivity contribution in [3.63, 3.8) is 0 Å². The predicted molar refractivity (Wildman–Crippen MR) is 164 cm³/mol. The second-order valence-electron chi connectivity index (χ2n) is 12.4. The number of allylic oxidation sites excluding steroid dienone is 1. The van der Waals surface area contributed by atoms with Gasteiger partial charge in [-0.2, -0.15) is 0 Å². The minimum atomic E-state index is -0.676. The van der Waals surface area contributed by atoms with Crippen LogP contribution in [0.3, 0.4) is 0 Å². The molecule has 2 aromatic carbocycles. The molecule has 2 aliphatic heterocycles. The number of carbonyl (C=O) groups is 2. The van der Waals surface area contributed by atoms with Crippen molar-refractivity contribution in [3.8, 4) is 0 Å². The molecule has 2 amide bonds. The molecule has 2 aliphatic rings. The highest BCUT2D eigenvalue weighted by Crippen LogP contribution is 2.52. The Morgan fingerprint density at radius 3 is 2.49 bits per heavy atom. The van der Waals surface area contributed by atoms with Gasteiger partial charge in [0.05, 0.1) is 36.8 Å². The third kappa shape index (κ3) is 7.10. The Labute approximate surface area is 254 Å². The van der Waals surface area contributed by atoms with Gasteiger partial charge in [0.1, 0.15) is 5.60 Å². The molecule has 2 aromatic rings. The molecule has 8 heteroatoms. The summed E-state index contributed by atoms with van der Waals surface area (Å²) in [6.45, 7) is 14.8. The van der Waals surface area contributed by atoms with Crippen molar-refractivity contribution in [1.29, 1.82) is 0 Å². The number of morpholine rings is 1. The van der Waals surface area contributed by atoms with Gasteiger partial charge < -0.3 is 19.3 Å². The van der Waals surface area contributed by atoms with Crippen molar-refractivity contribution < 1.29 is 19.1 Å². The van der Waals surface area contributed by atoms with Crippen LogP contribution in [0.2, 0.25) is 10.0 Å². The molecule has 2 heterocycles. The molecule has 2 fully saturated rings. The van der Waals surface area contributed by atoms with E-state index in [0.717, 1.165) is 11.1 Å². The number of hydrogen-bond acceptors (Lipinski definition) is 4. The molecule has 0 radical (unpaired) electrons. The normalized spacial score (nSPS) is 26.0. The third-order valence-corrected chi connectivity index (χ3v) is 8.62. The van der Waals surface area contributed by atoms with E-state index in [4.69, 9.17) is 32.7 Å². The molecule has 0 saturated carbocycles. The zero-order chi connectivity index (χ0) is 29.9. The molecule has 0 spiro atoms. The monoisotopic (exact) mass is 600 g/mol. The van der Waals surface area contributed by atoms with E-state index in [1.54, 1.807) is 4.90 Å². The van der Waals surface area contributed by atoms with Crippen LogP contribution in [0, 0.1) is 5.41 Å². The van der Waals surface area contributed by atoms with Gasteiger partial charge in [-0.25, -0.2) is 4.79 Å². The second-order valence-corrected chi connectivity index (χ2v) is 13.3. The number of nitrogens with zero attached hydrogens (tertiary/aromatic N) is 2. The fourth-order valence-electron chi connectivity index (χ4n) is 6.29. The number of carbonyl (C=O) groups excluding carboxylic acids is 2. The van der Waals surface area contributed by atoms with E-state index >= 15 is 0 Å². The molecule has 0 unspecified atom stereocenters. The molecule has 5 atom stereocenters. The van der Waals surface area contributed by atoms with E-state index in [1.807, 2.05) is 81.1 Å². The van der Waals surface area contributed by atoms with Crippen LogP contribution in [0.15, 0.2) is 61.2 Å². The number of hydrogen-bond donors (Lipinski definition) is 0. The van der Waals surface area contributed by atoms with Crippen LogP contribution in [-0.2, 0) is 14.3 Å². The SMILES string of the molecule is C=CC[C@@]1(C)C[C@H](c2cccc(Cl)c2)[C@@H](c2ccc(Cl)cc2)N([C@H](CC)[C@H]2CN(C(=O)OC(C)(C)C)CCO2)C1=O. The molecule has 41 heavy (non-hydrogen) atoms. The lowest BCUT2D eigenvalue weighted by atomic mass is 9.67. The second kappa shape index (κ2) is 12.8. The molecule has 0 aromatic heterocycles. The topological polar surface area (TPSA) is 59.1 Å². The lowest BCUT2D eigenvalue weighted by molar-refractivity contribution is -0.163. The number of ether oxygens (including phenoxy) is 2. The molecule has 222 valence electrons. The fraction of sp³-hybridized carbons (Fsp3) is 0.515. The Balaban J connectivity index is 1.81. The zero-order valence-corrected chi connectivity index (χ0v) is 26.3. The average molecular weight is 602 g/mol. The number of likely N-dealkylation sites (tertiary alicyclic amines) is 1. The van der Waals surface area contributed by atoms with E-state index in [2.05, 4.69) is 19.6 Å². The van der Waals surface area contributed by atoms with Crippen LogP contribution in [0.4, 0.5) is 4.79 Å². The average Bonchev–Trinajstić information content (AvgIpc) is 2.91. The molecule has 2 saturated heterocycles. The first-order chi connectivity index (χ1) is 19.4. The van der Waals surface area contributed by atoms with E-state index in [-0.39, 0.29) is 36.1 Å². The molecule has 4 rings (SSSR count). The molecule has 6 nitrogen and oxygen atoms in total. The van der Waals surface area contributed by atoms with Gasteiger partial charge in [-0.3, -0.25) is 4.79 Å². The maximum Gasteiger partial charge on any atom is 0.410 e. The number of amides is 2. The van der Waals surface area contributed by atoms with E-state index in [0.29, 0.717) is 49.0 Å². The van der Waals surface area contributed by atoms with Crippen LogP contribution in [0.1, 0.15) is 77.0 Å². The van der Waals surface area contributed by atoms with E-state index in [9.17, 15) is 9.59 Å². The van der Waals surface area contributed by atoms with Crippen molar-refractivity contribution in [2.24, 2.45) is 5.41 Å². The summed E-state index contributed by atoms with van der Waals surface area (Å²) in [7, 11) is 0. The lowest BCUT2D eigenvalue weighted by Gasteiger charge is -2.54. The first-order valence-electron chi connectivity index (χ1n) is 14.4. The highest BCUT2D eigenvalue weighted by molar-refractivity contribution is 6.30.